The molecule has 2 N–H and O–H groups in total. The van der Waals surface area contributed by atoms with Crippen LogP contribution in [0, 0.1) is 0 Å². The summed E-state index contributed by atoms with van der Waals surface area (Å²) in [7, 11) is 0. The molecule has 0 aliphatic rings. The molecule has 16 heavy (non-hydrogen) atoms. The number of nitrogens with one attached hydrogen (secondary N) is 1. The first kappa shape index (κ1) is 12.8. The van der Waals surface area contributed by atoms with E-state index in [1.165, 1.54) is 0 Å². The summed E-state index contributed by atoms with van der Waals surface area (Å²) >= 11 is 0. The van der Waals surface area contributed by atoms with Crippen molar-refractivity contribution >= 4 is 5.97 Å². The summed E-state index contributed by atoms with van der Waals surface area (Å²) in [5.74, 6) is 0.0464. The van der Waals surface area contributed by atoms with Crippen LogP contribution in [-0.2, 0) is 11.2 Å². The largest absolute Gasteiger partial charge is 0.480 e. The highest BCUT2D eigenvalue weighted by atomic mass is 16.4. The molecule has 2 unspecified atom stereocenters. The molecule has 0 aromatic carbocycles. The van der Waals surface area contributed by atoms with E-state index in [0.717, 1.165) is 5.76 Å². The zero-order valence-corrected chi connectivity index (χ0v) is 9.99. The fourth-order valence-corrected chi connectivity index (χ4v) is 1.64. The Bertz CT molecular complexity index is 334. The summed E-state index contributed by atoms with van der Waals surface area (Å²) in [4.78, 5) is 11.1. The third kappa shape index (κ3) is 3.10. The molecular weight excluding hydrogens is 206 g/mol. The predicted octanol–water partition coefficient (Wildman–Crippen LogP) is 2.05. The first-order valence-corrected chi connectivity index (χ1v) is 5.51. The van der Waals surface area contributed by atoms with Gasteiger partial charge in [-0.25, -0.2) is 0 Å². The molecule has 0 amide bonds. The van der Waals surface area contributed by atoms with Crippen LogP contribution in [0.1, 0.15) is 33.0 Å². The van der Waals surface area contributed by atoms with Gasteiger partial charge in [0.05, 0.1) is 6.26 Å². The van der Waals surface area contributed by atoms with Crippen molar-refractivity contribution in [3.63, 3.8) is 0 Å². The second-order valence-electron chi connectivity index (χ2n) is 4.32. The van der Waals surface area contributed by atoms with E-state index in [4.69, 9.17) is 9.52 Å². The summed E-state index contributed by atoms with van der Waals surface area (Å²) in [5, 5.41) is 12.2. The van der Waals surface area contributed by atoms with Gasteiger partial charge in [0.15, 0.2) is 0 Å². The molecule has 4 nitrogen and oxygen atoms in total. The summed E-state index contributed by atoms with van der Waals surface area (Å²) < 4.78 is 5.23. The molecule has 0 saturated heterocycles. The number of furan rings is 1. The van der Waals surface area contributed by atoms with Crippen molar-refractivity contribution in [1.29, 1.82) is 0 Å². The zero-order valence-electron chi connectivity index (χ0n) is 9.99. The van der Waals surface area contributed by atoms with Crippen LogP contribution in [0.2, 0.25) is 0 Å². The number of carboxylic acid groups (broad SMARTS) is 1. The van der Waals surface area contributed by atoms with E-state index in [-0.39, 0.29) is 6.04 Å². The molecule has 1 aromatic rings. The molecule has 0 fully saturated rings. The van der Waals surface area contributed by atoms with E-state index in [1.54, 1.807) is 13.2 Å². The number of carbonyl (C=O) groups is 1. The fraction of sp³-hybridized carbons (Fsp3) is 0.583. The van der Waals surface area contributed by atoms with Crippen molar-refractivity contribution in [3.05, 3.63) is 24.2 Å². The Kier molecular flexibility index (Phi) is 4.12. The van der Waals surface area contributed by atoms with Crippen LogP contribution >= 0.6 is 0 Å². The number of carboxylic acids is 1. The first-order valence-electron chi connectivity index (χ1n) is 5.51. The minimum absolute atomic E-state index is 0.0622. The van der Waals surface area contributed by atoms with Crippen molar-refractivity contribution in [2.45, 2.75) is 45.2 Å². The van der Waals surface area contributed by atoms with Crippen molar-refractivity contribution in [3.8, 4) is 0 Å². The van der Waals surface area contributed by atoms with Crippen molar-refractivity contribution in [2.24, 2.45) is 0 Å². The van der Waals surface area contributed by atoms with Gasteiger partial charge in [-0.1, -0.05) is 6.92 Å². The fourth-order valence-electron chi connectivity index (χ4n) is 1.64. The number of hydrogen-bond donors (Lipinski definition) is 2. The van der Waals surface area contributed by atoms with Crippen LogP contribution in [0.25, 0.3) is 0 Å². The van der Waals surface area contributed by atoms with Crippen molar-refractivity contribution in [1.82, 2.24) is 5.32 Å². The molecule has 1 aromatic heterocycles. The van der Waals surface area contributed by atoms with Gasteiger partial charge in [0.2, 0.25) is 0 Å². The normalized spacial score (nSPS) is 16.7. The Hall–Kier alpha value is -1.29. The van der Waals surface area contributed by atoms with Crippen LogP contribution in [0.15, 0.2) is 22.8 Å². The smallest absolute Gasteiger partial charge is 0.323 e. The van der Waals surface area contributed by atoms with Gasteiger partial charge < -0.3 is 9.52 Å². The standard InChI is InChI=1S/C12H19NO3/c1-4-12(3,11(14)15)13-9(2)8-10-6-5-7-16-10/h5-7,9,13H,4,8H2,1-3H3,(H,14,15). The van der Waals surface area contributed by atoms with Crippen molar-refractivity contribution in [2.75, 3.05) is 0 Å². The maximum atomic E-state index is 11.1. The lowest BCUT2D eigenvalue weighted by molar-refractivity contribution is -0.144. The van der Waals surface area contributed by atoms with Gasteiger partial charge in [0, 0.05) is 12.5 Å². The lowest BCUT2D eigenvalue weighted by atomic mass is 9.97. The van der Waals surface area contributed by atoms with E-state index in [1.807, 2.05) is 26.0 Å². The van der Waals surface area contributed by atoms with Crippen molar-refractivity contribution < 1.29 is 14.3 Å². The molecule has 0 radical (unpaired) electrons. The maximum Gasteiger partial charge on any atom is 0.323 e. The van der Waals surface area contributed by atoms with Gasteiger partial charge in [0.25, 0.3) is 0 Å². The molecule has 0 bridgehead atoms. The van der Waals surface area contributed by atoms with Crippen LogP contribution in [0.5, 0.6) is 0 Å². The third-order valence-corrected chi connectivity index (χ3v) is 2.83. The number of rotatable bonds is 6. The van der Waals surface area contributed by atoms with Gasteiger partial charge >= 0.3 is 5.97 Å². The molecule has 0 spiro atoms. The van der Waals surface area contributed by atoms with E-state index in [9.17, 15) is 4.79 Å². The minimum Gasteiger partial charge on any atom is -0.480 e. The second kappa shape index (κ2) is 5.16. The van der Waals surface area contributed by atoms with Gasteiger partial charge in [-0.15, -0.1) is 0 Å². The summed E-state index contributed by atoms with van der Waals surface area (Å²) in [6.45, 7) is 5.52. The van der Waals surface area contributed by atoms with Crippen LogP contribution in [0.4, 0.5) is 0 Å². The van der Waals surface area contributed by atoms with E-state index in [0.29, 0.717) is 12.8 Å². The van der Waals surface area contributed by atoms with Crippen LogP contribution in [-0.4, -0.2) is 22.7 Å². The van der Waals surface area contributed by atoms with Gasteiger partial charge in [-0.2, -0.15) is 0 Å². The van der Waals surface area contributed by atoms with Gasteiger partial charge in [-0.05, 0) is 32.4 Å². The highest BCUT2D eigenvalue weighted by molar-refractivity contribution is 5.78. The highest BCUT2D eigenvalue weighted by Gasteiger charge is 2.32. The van der Waals surface area contributed by atoms with E-state index >= 15 is 0 Å². The maximum absolute atomic E-state index is 11.1. The topological polar surface area (TPSA) is 62.5 Å². The molecule has 4 heteroatoms. The molecule has 0 aliphatic carbocycles. The molecule has 1 heterocycles. The molecule has 0 saturated carbocycles. The molecule has 0 aliphatic heterocycles. The monoisotopic (exact) mass is 225 g/mol. The Balaban J connectivity index is 2.56. The van der Waals surface area contributed by atoms with E-state index in [2.05, 4.69) is 5.32 Å². The molecule has 1 rings (SSSR count). The quantitative estimate of drug-likeness (QED) is 0.777. The summed E-state index contributed by atoms with van der Waals surface area (Å²) in [6.07, 6.45) is 2.86. The average molecular weight is 225 g/mol. The predicted molar refractivity (Wildman–Crippen MR) is 61.3 cm³/mol. The molecular formula is C12H19NO3. The third-order valence-electron chi connectivity index (χ3n) is 2.83. The number of hydrogen-bond acceptors (Lipinski definition) is 3. The zero-order chi connectivity index (χ0) is 12.2. The van der Waals surface area contributed by atoms with Gasteiger partial charge in [0.1, 0.15) is 11.3 Å². The molecule has 90 valence electrons. The second-order valence-corrected chi connectivity index (χ2v) is 4.32. The molecule has 2 atom stereocenters. The first-order chi connectivity index (χ1) is 7.48. The number of aliphatic carboxylic acids is 1. The SMILES string of the molecule is CCC(C)(NC(C)Cc1ccco1)C(=O)O. The minimum atomic E-state index is -0.869. The Morgan fingerprint density at radius 2 is 2.38 bits per heavy atom. The van der Waals surface area contributed by atoms with Gasteiger partial charge in [-0.3, -0.25) is 10.1 Å². The Labute approximate surface area is 95.7 Å². The lowest BCUT2D eigenvalue weighted by Crippen LogP contribution is -2.53. The Morgan fingerprint density at radius 3 is 2.81 bits per heavy atom. The van der Waals surface area contributed by atoms with Crippen LogP contribution in [0.3, 0.4) is 0 Å². The summed E-state index contributed by atoms with van der Waals surface area (Å²) in [6, 6.07) is 3.78. The Morgan fingerprint density at radius 1 is 1.69 bits per heavy atom. The average Bonchev–Trinajstić information content (AvgIpc) is 2.69. The highest BCUT2D eigenvalue weighted by Crippen LogP contribution is 2.12. The van der Waals surface area contributed by atoms with E-state index < -0.39 is 11.5 Å². The van der Waals surface area contributed by atoms with Crippen LogP contribution < -0.4 is 5.32 Å². The summed E-state index contributed by atoms with van der Waals surface area (Å²) in [5.41, 5.74) is -0.869. The lowest BCUT2D eigenvalue weighted by Gasteiger charge is -2.28.